The standard InChI is InChI=1S/C22H23ClF2N4O4/c1-26-21(30)12-7-15(24)19(16(25)8-12)20-17(29-4-3-13(23)9-18(29)27-20)10-14-11-28(5-6-33-14)22(31)32-2/h3-4,7-9,14,21,26,30H,5-6,10-11H2,1-2H3/t14-,21?/m0/s1. The second-order valence-corrected chi connectivity index (χ2v) is 8.08. The maximum Gasteiger partial charge on any atom is 0.409 e. The number of aromatic nitrogens is 2. The van der Waals surface area contributed by atoms with Crippen molar-refractivity contribution in [2.45, 2.75) is 18.8 Å². The molecule has 0 radical (unpaired) electrons. The van der Waals surface area contributed by atoms with Gasteiger partial charge in [0, 0.05) is 35.8 Å². The Bertz CT molecular complexity index is 1170. The lowest BCUT2D eigenvalue weighted by Gasteiger charge is -2.32. The van der Waals surface area contributed by atoms with Crippen molar-refractivity contribution in [2.24, 2.45) is 0 Å². The van der Waals surface area contributed by atoms with E-state index in [9.17, 15) is 9.90 Å². The number of aliphatic hydroxyl groups is 1. The zero-order chi connectivity index (χ0) is 23.7. The number of hydrogen-bond acceptors (Lipinski definition) is 6. The summed E-state index contributed by atoms with van der Waals surface area (Å²) < 4.78 is 42.5. The van der Waals surface area contributed by atoms with Gasteiger partial charge in [0.15, 0.2) is 0 Å². The summed E-state index contributed by atoms with van der Waals surface area (Å²) in [6, 6.07) is 5.37. The smallest absolute Gasteiger partial charge is 0.409 e. The van der Waals surface area contributed by atoms with Crippen LogP contribution >= 0.6 is 11.6 Å². The SMILES string of the molecule is CNC(O)c1cc(F)c(-c2nc3cc(Cl)ccn3c2C[C@H]2CN(C(=O)OC)CCO2)c(F)c1. The minimum absolute atomic E-state index is 0.0499. The molecule has 0 bridgehead atoms. The topological polar surface area (TPSA) is 88.3 Å². The maximum atomic E-state index is 15.1. The van der Waals surface area contributed by atoms with Crippen LogP contribution in [0.15, 0.2) is 30.5 Å². The summed E-state index contributed by atoms with van der Waals surface area (Å²) >= 11 is 6.10. The third-order valence-electron chi connectivity index (χ3n) is 5.57. The first kappa shape index (κ1) is 23.4. The van der Waals surface area contributed by atoms with E-state index in [2.05, 4.69) is 10.3 Å². The molecule has 0 saturated carbocycles. The van der Waals surface area contributed by atoms with Gasteiger partial charge in [-0.05, 0) is 25.2 Å². The molecule has 2 N–H and O–H groups in total. The molecule has 4 rings (SSSR count). The number of hydrogen-bond donors (Lipinski definition) is 2. The Kier molecular flexibility index (Phi) is 6.80. The number of morpholine rings is 1. The van der Waals surface area contributed by atoms with E-state index < -0.39 is 30.1 Å². The molecule has 3 heterocycles. The van der Waals surface area contributed by atoms with E-state index in [1.165, 1.54) is 19.1 Å². The summed E-state index contributed by atoms with van der Waals surface area (Å²) in [4.78, 5) is 17.9. The maximum absolute atomic E-state index is 15.1. The van der Waals surface area contributed by atoms with Gasteiger partial charge >= 0.3 is 6.09 Å². The molecular weight excluding hydrogens is 458 g/mol. The molecule has 3 aromatic rings. The molecule has 1 aliphatic heterocycles. The second-order valence-electron chi connectivity index (χ2n) is 7.64. The molecule has 1 saturated heterocycles. The number of ether oxygens (including phenoxy) is 2. The monoisotopic (exact) mass is 480 g/mol. The van der Waals surface area contributed by atoms with Gasteiger partial charge in [-0.2, -0.15) is 0 Å². The van der Waals surface area contributed by atoms with E-state index in [1.54, 1.807) is 22.7 Å². The van der Waals surface area contributed by atoms with Crippen molar-refractivity contribution in [3.05, 3.63) is 58.4 Å². The summed E-state index contributed by atoms with van der Waals surface area (Å²) in [5.41, 5.74) is 0.729. The van der Waals surface area contributed by atoms with Crippen LogP contribution in [-0.2, 0) is 15.9 Å². The van der Waals surface area contributed by atoms with Crippen molar-refractivity contribution >= 4 is 23.3 Å². The van der Waals surface area contributed by atoms with Gasteiger partial charge in [0.2, 0.25) is 0 Å². The van der Waals surface area contributed by atoms with Crippen molar-refractivity contribution in [3.8, 4) is 11.3 Å². The molecule has 8 nitrogen and oxygen atoms in total. The zero-order valence-electron chi connectivity index (χ0n) is 18.0. The average molecular weight is 481 g/mol. The predicted molar refractivity (Wildman–Crippen MR) is 117 cm³/mol. The number of amides is 1. The minimum atomic E-state index is -1.22. The van der Waals surface area contributed by atoms with Gasteiger partial charge in [0.05, 0.1) is 43.3 Å². The van der Waals surface area contributed by atoms with E-state index in [0.29, 0.717) is 29.5 Å². The number of nitrogens with zero attached hydrogens (tertiary/aromatic N) is 3. The van der Waals surface area contributed by atoms with E-state index >= 15 is 8.78 Å². The fourth-order valence-electron chi connectivity index (χ4n) is 3.96. The first-order valence-electron chi connectivity index (χ1n) is 10.3. The summed E-state index contributed by atoms with van der Waals surface area (Å²) in [5, 5.41) is 12.9. The van der Waals surface area contributed by atoms with Crippen LogP contribution in [0.25, 0.3) is 16.9 Å². The number of aliphatic hydroxyl groups excluding tert-OH is 1. The number of carbonyl (C=O) groups is 1. The molecule has 33 heavy (non-hydrogen) atoms. The molecule has 1 aliphatic rings. The van der Waals surface area contributed by atoms with Crippen molar-refractivity contribution in [1.82, 2.24) is 19.6 Å². The Labute approximate surface area is 193 Å². The number of fused-ring (bicyclic) bond motifs is 1. The Morgan fingerprint density at radius 1 is 1.39 bits per heavy atom. The summed E-state index contributed by atoms with van der Waals surface area (Å²) in [7, 11) is 2.78. The van der Waals surface area contributed by atoms with Crippen LogP contribution in [0, 0.1) is 11.6 Å². The number of methoxy groups -OCH3 is 1. The molecule has 1 aromatic carbocycles. The van der Waals surface area contributed by atoms with Crippen LogP contribution in [0.4, 0.5) is 13.6 Å². The van der Waals surface area contributed by atoms with Crippen molar-refractivity contribution in [3.63, 3.8) is 0 Å². The average Bonchev–Trinajstić information content (AvgIpc) is 3.14. The number of nitrogens with one attached hydrogen (secondary N) is 1. The third kappa shape index (κ3) is 4.65. The lowest BCUT2D eigenvalue weighted by molar-refractivity contribution is -0.0241. The van der Waals surface area contributed by atoms with Crippen LogP contribution in [-0.4, -0.2) is 65.4 Å². The van der Waals surface area contributed by atoms with Gasteiger partial charge < -0.3 is 23.9 Å². The molecule has 1 unspecified atom stereocenters. The number of pyridine rings is 1. The van der Waals surface area contributed by atoms with E-state index in [1.807, 2.05) is 0 Å². The molecule has 0 spiro atoms. The van der Waals surface area contributed by atoms with Gasteiger partial charge in [-0.25, -0.2) is 18.6 Å². The predicted octanol–water partition coefficient (Wildman–Crippen LogP) is 3.15. The largest absolute Gasteiger partial charge is 0.453 e. The second kappa shape index (κ2) is 9.60. The van der Waals surface area contributed by atoms with Crippen LogP contribution in [0.2, 0.25) is 5.02 Å². The lowest BCUT2D eigenvalue weighted by atomic mass is 10.0. The molecule has 0 aliphatic carbocycles. The Morgan fingerprint density at radius 3 is 2.79 bits per heavy atom. The van der Waals surface area contributed by atoms with Crippen molar-refractivity contribution in [1.29, 1.82) is 0 Å². The molecule has 176 valence electrons. The van der Waals surface area contributed by atoms with Crippen molar-refractivity contribution in [2.75, 3.05) is 33.9 Å². The summed E-state index contributed by atoms with van der Waals surface area (Å²) in [5.74, 6) is -1.73. The fraction of sp³-hybridized carbons (Fsp3) is 0.364. The number of halogens is 3. The first-order valence-corrected chi connectivity index (χ1v) is 10.7. The van der Waals surface area contributed by atoms with Gasteiger partial charge in [0.25, 0.3) is 0 Å². The Morgan fingerprint density at radius 2 is 2.12 bits per heavy atom. The van der Waals surface area contributed by atoms with E-state index in [0.717, 1.165) is 12.1 Å². The highest BCUT2D eigenvalue weighted by atomic mass is 35.5. The van der Waals surface area contributed by atoms with Gasteiger partial charge in [-0.3, -0.25) is 5.32 Å². The van der Waals surface area contributed by atoms with Crippen LogP contribution < -0.4 is 5.32 Å². The van der Waals surface area contributed by atoms with E-state index in [4.69, 9.17) is 21.1 Å². The van der Waals surface area contributed by atoms with Crippen molar-refractivity contribution < 1.29 is 28.2 Å². The molecule has 2 atom stereocenters. The number of rotatable bonds is 5. The molecule has 1 fully saturated rings. The lowest BCUT2D eigenvalue weighted by Crippen LogP contribution is -2.46. The minimum Gasteiger partial charge on any atom is -0.453 e. The highest BCUT2D eigenvalue weighted by Gasteiger charge is 2.29. The Balaban J connectivity index is 1.78. The van der Waals surface area contributed by atoms with Gasteiger partial charge in [-0.1, -0.05) is 11.6 Å². The van der Waals surface area contributed by atoms with E-state index in [-0.39, 0.29) is 29.8 Å². The quantitative estimate of drug-likeness (QED) is 0.545. The van der Waals surface area contributed by atoms with Gasteiger partial charge in [0.1, 0.15) is 23.5 Å². The third-order valence-corrected chi connectivity index (χ3v) is 5.81. The van der Waals surface area contributed by atoms with Gasteiger partial charge in [-0.15, -0.1) is 0 Å². The molecule has 11 heteroatoms. The van der Waals surface area contributed by atoms with Crippen LogP contribution in [0.5, 0.6) is 0 Å². The number of benzene rings is 1. The highest BCUT2D eigenvalue weighted by molar-refractivity contribution is 6.30. The molecule has 2 aromatic heterocycles. The number of carbonyl (C=O) groups excluding carboxylic acids is 1. The first-order chi connectivity index (χ1) is 15.8. The van der Waals surface area contributed by atoms with Crippen LogP contribution in [0.1, 0.15) is 17.5 Å². The fourth-order valence-corrected chi connectivity index (χ4v) is 4.12. The highest BCUT2D eigenvalue weighted by Crippen LogP contribution is 2.33. The Hall–Kier alpha value is -2.79. The molecule has 1 amide bonds. The zero-order valence-corrected chi connectivity index (χ0v) is 18.8. The normalized spacial score (nSPS) is 17.4. The summed E-state index contributed by atoms with van der Waals surface area (Å²) in [6.07, 6.45) is -0.236. The summed E-state index contributed by atoms with van der Waals surface area (Å²) in [6.45, 7) is 0.944. The molecular formula is C22H23ClF2N4O4. The van der Waals surface area contributed by atoms with Crippen LogP contribution in [0.3, 0.4) is 0 Å². The number of imidazole rings is 1.